The molecule has 284 valence electrons. The maximum atomic E-state index is 14.5. The number of pyridine rings is 1. The van der Waals surface area contributed by atoms with Crippen LogP contribution in [0.2, 0.25) is 0 Å². The number of methoxy groups -OCH3 is 2. The minimum absolute atomic E-state index is 0.0421. The first-order valence-corrected chi connectivity index (χ1v) is 18.6. The molecule has 1 atom stereocenters. The smallest absolute Gasteiger partial charge is 0.259 e. The van der Waals surface area contributed by atoms with Crippen LogP contribution in [-0.4, -0.2) is 91.6 Å². The first kappa shape index (κ1) is 37.3. The van der Waals surface area contributed by atoms with Crippen LogP contribution in [0.4, 0.5) is 31.8 Å². The van der Waals surface area contributed by atoms with Gasteiger partial charge in [-0.3, -0.25) is 18.3 Å². The first-order valence-electron chi connectivity index (χ1n) is 17.4. The van der Waals surface area contributed by atoms with Crippen LogP contribution in [0.3, 0.4) is 0 Å². The predicted octanol–water partition coefficient (Wildman–Crippen LogP) is 6.06. The van der Waals surface area contributed by atoms with E-state index in [2.05, 4.69) is 25.4 Å². The van der Waals surface area contributed by atoms with Gasteiger partial charge in [0.1, 0.15) is 34.5 Å². The van der Waals surface area contributed by atoms with E-state index < -0.39 is 34.3 Å². The Morgan fingerprint density at radius 2 is 1.69 bits per heavy atom. The lowest BCUT2D eigenvalue weighted by Gasteiger charge is -2.37. The molecule has 0 spiro atoms. The van der Waals surface area contributed by atoms with E-state index in [1.54, 1.807) is 37.6 Å². The number of hydrogen-bond acceptors (Lipinski definition) is 11. The average Bonchev–Trinajstić information content (AvgIpc) is 3.58. The molecular formula is C39H37F2N8O5S-. The number of anilines is 4. The van der Waals surface area contributed by atoms with Crippen molar-refractivity contribution in [1.82, 2.24) is 24.3 Å². The second kappa shape index (κ2) is 16.2. The van der Waals surface area contributed by atoms with Crippen molar-refractivity contribution in [3.8, 4) is 34.1 Å². The normalized spacial score (nSPS) is 13.8. The number of halogens is 2. The quantitative estimate of drug-likeness (QED) is 0.140. The maximum absolute atomic E-state index is 14.5. The van der Waals surface area contributed by atoms with Crippen LogP contribution in [0.25, 0.3) is 28.3 Å². The highest BCUT2D eigenvalue weighted by Gasteiger charge is 2.24. The minimum atomic E-state index is -2.06. The van der Waals surface area contributed by atoms with Crippen LogP contribution in [0.15, 0.2) is 85.2 Å². The molecule has 1 fully saturated rings. The summed E-state index contributed by atoms with van der Waals surface area (Å²) in [5, 5.41) is 5.66. The monoisotopic (exact) mass is 767 g/mol. The van der Waals surface area contributed by atoms with Gasteiger partial charge in [-0.25, -0.2) is 23.7 Å². The molecule has 1 aliphatic heterocycles. The van der Waals surface area contributed by atoms with E-state index in [0.717, 1.165) is 49.6 Å². The number of carbonyl (C=O) groups excluding carboxylic acids is 1. The van der Waals surface area contributed by atoms with Gasteiger partial charge in [-0.15, -0.1) is 0 Å². The van der Waals surface area contributed by atoms with Gasteiger partial charge >= 0.3 is 0 Å². The summed E-state index contributed by atoms with van der Waals surface area (Å²) in [4.78, 5) is 32.1. The summed E-state index contributed by atoms with van der Waals surface area (Å²) in [6.45, 7) is 5.54. The van der Waals surface area contributed by atoms with Gasteiger partial charge in [-0.1, -0.05) is 23.2 Å². The number of imidazole rings is 1. The number of ether oxygens (including phenoxy) is 2. The van der Waals surface area contributed by atoms with E-state index >= 15 is 0 Å². The number of rotatable bonds is 12. The van der Waals surface area contributed by atoms with E-state index in [-0.39, 0.29) is 17.1 Å². The highest BCUT2D eigenvalue weighted by atomic mass is 32.2. The number of hydrogen-bond donors (Lipinski definition) is 2. The number of piperazine rings is 1. The molecule has 3 aromatic carbocycles. The van der Waals surface area contributed by atoms with Crippen molar-refractivity contribution in [2.45, 2.75) is 6.92 Å². The number of aryl methyl sites for hydroxylation is 1. The van der Waals surface area contributed by atoms with Crippen molar-refractivity contribution in [1.29, 1.82) is 0 Å². The number of amides is 1. The fourth-order valence-electron chi connectivity index (χ4n) is 6.64. The summed E-state index contributed by atoms with van der Waals surface area (Å²) in [5.41, 5.74) is 4.93. The molecule has 1 amide bonds. The molecule has 3 aromatic heterocycles. The van der Waals surface area contributed by atoms with E-state index in [9.17, 15) is 22.3 Å². The summed E-state index contributed by atoms with van der Waals surface area (Å²) in [5.74, 6) is -1.38. The van der Waals surface area contributed by atoms with Crippen molar-refractivity contribution < 1.29 is 31.8 Å². The third-order valence-electron chi connectivity index (χ3n) is 9.40. The zero-order valence-electron chi connectivity index (χ0n) is 30.2. The molecular weight excluding hydrogens is 731 g/mol. The van der Waals surface area contributed by atoms with Crippen molar-refractivity contribution in [3.05, 3.63) is 108 Å². The lowest BCUT2D eigenvalue weighted by Crippen LogP contribution is -2.47. The molecule has 16 heteroatoms. The van der Waals surface area contributed by atoms with Gasteiger partial charge in [0.2, 0.25) is 5.95 Å². The average molecular weight is 768 g/mol. The number of para-hydroxylation sites is 1. The predicted molar refractivity (Wildman–Crippen MR) is 206 cm³/mol. The summed E-state index contributed by atoms with van der Waals surface area (Å²) in [7, 11) is 3.00. The molecule has 55 heavy (non-hydrogen) atoms. The zero-order valence-corrected chi connectivity index (χ0v) is 31.0. The number of benzene rings is 3. The molecule has 0 saturated carbocycles. The highest BCUT2D eigenvalue weighted by Crippen LogP contribution is 2.37. The molecule has 1 unspecified atom stereocenters. The molecule has 2 N–H and O–H groups in total. The molecule has 13 nitrogen and oxygen atoms in total. The molecule has 1 saturated heterocycles. The van der Waals surface area contributed by atoms with Crippen molar-refractivity contribution in [2.75, 3.05) is 68.2 Å². The Bertz CT molecular complexity index is 2380. The number of fused-ring (bicyclic) bond motifs is 1. The van der Waals surface area contributed by atoms with E-state index in [1.807, 2.05) is 47.9 Å². The van der Waals surface area contributed by atoms with Gasteiger partial charge in [-0.05, 0) is 67.1 Å². The number of nitrogens with zero attached hydrogens (tertiary/aromatic N) is 6. The Morgan fingerprint density at radius 3 is 2.42 bits per heavy atom. The van der Waals surface area contributed by atoms with Crippen LogP contribution in [0.1, 0.15) is 15.9 Å². The summed E-state index contributed by atoms with van der Waals surface area (Å²) in [6.07, 6.45) is 3.48. The standard InChI is InChI=1S/C39H38F2N8O5S/c1-24-21-30(33(54-3)23-31(24)48-17-15-47(16-18-48)19-20-55(51)52)44-39-42-13-12-29(43-39)37-35(45-34-9-4-5-14-49(34)37)25-10-11-32(53-2)26(22-25)38(50)46-36-27(40)7-6-8-28(36)41/h4-14,21-23H,15-20H2,1-3H3,(H,46,50)(H,51,52)(H,42,43,44)/p-1. The number of carbonyl (C=O) groups is 1. The van der Waals surface area contributed by atoms with Gasteiger partial charge in [0, 0.05) is 68.2 Å². The summed E-state index contributed by atoms with van der Waals surface area (Å²) < 4.78 is 64.1. The largest absolute Gasteiger partial charge is 0.772 e. The molecule has 0 radical (unpaired) electrons. The van der Waals surface area contributed by atoms with Gasteiger partial charge in [-0.2, -0.15) is 0 Å². The molecule has 4 heterocycles. The Labute approximate surface area is 318 Å². The number of aromatic nitrogens is 4. The Kier molecular flexibility index (Phi) is 11.0. The molecule has 0 bridgehead atoms. The summed E-state index contributed by atoms with van der Waals surface area (Å²) >= 11 is -2.06. The maximum Gasteiger partial charge on any atom is 0.259 e. The molecule has 6 aromatic rings. The van der Waals surface area contributed by atoms with Crippen LogP contribution in [0.5, 0.6) is 11.5 Å². The van der Waals surface area contributed by atoms with Gasteiger partial charge < -0.3 is 29.6 Å². The third kappa shape index (κ3) is 7.97. The minimum Gasteiger partial charge on any atom is -0.772 e. The second-order valence-corrected chi connectivity index (χ2v) is 13.8. The third-order valence-corrected chi connectivity index (χ3v) is 9.91. The van der Waals surface area contributed by atoms with E-state index in [0.29, 0.717) is 52.2 Å². The van der Waals surface area contributed by atoms with Crippen molar-refractivity contribution in [2.24, 2.45) is 0 Å². The Morgan fingerprint density at radius 1 is 0.927 bits per heavy atom. The van der Waals surface area contributed by atoms with Crippen LogP contribution in [-0.2, 0) is 11.1 Å². The fraction of sp³-hybridized carbons (Fsp3) is 0.231. The number of nitrogens with one attached hydrogen (secondary N) is 2. The van der Waals surface area contributed by atoms with Crippen LogP contribution in [0, 0.1) is 18.6 Å². The summed E-state index contributed by atoms with van der Waals surface area (Å²) in [6, 6.07) is 19.5. The van der Waals surface area contributed by atoms with Gasteiger partial charge in [0.15, 0.2) is 0 Å². The van der Waals surface area contributed by atoms with Crippen molar-refractivity contribution >= 4 is 45.6 Å². The van der Waals surface area contributed by atoms with Crippen molar-refractivity contribution in [3.63, 3.8) is 0 Å². The lowest BCUT2D eigenvalue weighted by atomic mass is 10.0. The second-order valence-electron chi connectivity index (χ2n) is 12.8. The Hall–Kier alpha value is -5.97. The van der Waals surface area contributed by atoms with Crippen LogP contribution < -0.4 is 25.0 Å². The van der Waals surface area contributed by atoms with Gasteiger partial charge in [0.05, 0.1) is 42.6 Å². The van der Waals surface area contributed by atoms with Crippen LogP contribution >= 0.6 is 0 Å². The zero-order chi connectivity index (χ0) is 38.6. The Balaban J connectivity index is 1.19. The lowest BCUT2D eigenvalue weighted by molar-refractivity contribution is 0.102. The molecule has 1 aliphatic rings. The van der Waals surface area contributed by atoms with E-state index in [1.165, 1.54) is 13.2 Å². The highest BCUT2D eigenvalue weighted by molar-refractivity contribution is 7.79. The first-order chi connectivity index (χ1) is 26.6. The van der Waals surface area contributed by atoms with Gasteiger partial charge in [0.25, 0.3) is 5.91 Å². The topological polar surface area (TPSA) is 149 Å². The molecule has 7 rings (SSSR count). The molecule has 0 aliphatic carbocycles. The fourth-order valence-corrected chi connectivity index (χ4v) is 7.05. The van der Waals surface area contributed by atoms with E-state index in [4.69, 9.17) is 19.4 Å². The SMILES string of the molecule is COc1cc(N2CCN(CCS(=O)[O-])CC2)c(C)cc1Nc1nccc(-c2c(-c3ccc(OC)c(C(=O)Nc4c(F)cccc4F)c3)nc3ccccn23)n1.